The quantitative estimate of drug-likeness (QED) is 0.490. The van der Waals surface area contributed by atoms with Crippen molar-refractivity contribution in [3.8, 4) is 22.5 Å². The van der Waals surface area contributed by atoms with Gasteiger partial charge < -0.3 is 0 Å². The Morgan fingerprint density at radius 3 is 1.31 bits per heavy atom. The topological polar surface area (TPSA) is 42.9 Å². The highest BCUT2D eigenvalue weighted by molar-refractivity contribution is 6.08. The summed E-state index contributed by atoms with van der Waals surface area (Å²) in [5, 5.41) is 0. The summed E-state index contributed by atoms with van der Waals surface area (Å²) >= 11 is 0. The number of carbonyl (C=O) groups excluding carboxylic acids is 1. The average Bonchev–Trinajstić information content (AvgIpc) is 2.75. The number of carbonyl (C=O) groups is 1. The fourth-order valence-electron chi connectivity index (χ4n) is 2.78. The van der Waals surface area contributed by atoms with Crippen molar-refractivity contribution in [3.63, 3.8) is 0 Å². The van der Waals surface area contributed by atoms with E-state index < -0.39 is 0 Å². The van der Waals surface area contributed by atoms with Crippen LogP contribution in [0.2, 0.25) is 0 Å². The minimum absolute atomic E-state index is 0.0794. The van der Waals surface area contributed by atoms with Gasteiger partial charge in [-0.2, -0.15) is 0 Å². The zero-order chi connectivity index (χ0) is 17.8. The van der Waals surface area contributed by atoms with Gasteiger partial charge in [-0.3, -0.25) is 14.8 Å². The average molecular weight is 336 g/mol. The second-order valence-electron chi connectivity index (χ2n) is 5.93. The Labute approximate surface area is 152 Å². The number of pyridine rings is 2. The van der Waals surface area contributed by atoms with E-state index in [1.165, 1.54) is 0 Å². The highest BCUT2D eigenvalue weighted by Gasteiger charge is 2.11. The molecule has 0 radical (unpaired) electrons. The normalized spacial score (nSPS) is 10.5. The Morgan fingerprint density at radius 2 is 0.962 bits per heavy atom. The number of nitrogens with zero attached hydrogens (tertiary/aromatic N) is 2. The van der Waals surface area contributed by atoms with Crippen LogP contribution in [0.25, 0.3) is 22.5 Å². The molecule has 0 atom stereocenters. The lowest BCUT2D eigenvalue weighted by Gasteiger charge is -2.05. The molecule has 0 unspecified atom stereocenters. The lowest BCUT2D eigenvalue weighted by atomic mass is 10.0. The van der Waals surface area contributed by atoms with E-state index >= 15 is 0 Å². The second-order valence-corrected chi connectivity index (χ2v) is 5.93. The summed E-state index contributed by atoms with van der Waals surface area (Å²) in [4.78, 5) is 21.5. The van der Waals surface area contributed by atoms with E-state index in [1.54, 1.807) is 12.4 Å². The van der Waals surface area contributed by atoms with Gasteiger partial charge in [0, 0.05) is 34.6 Å². The maximum absolute atomic E-state index is 12.7. The Balaban J connectivity index is 1.56. The molecule has 2 heterocycles. The van der Waals surface area contributed by atoms with Crippen LogP contribution in [0, 0.1) is 0 Å². The maximum atomic E-state index is 12.7. The van der Waals surface area contributed by atoms with Gasteiger partial charge in [-0.25, -0.2) is 0 Å². The fraction of sp³-hybridized carbons (Fsp3) is 0. The van der Waals surface area contributed by atoms with E-state index in [9.17, 15) is 4.79 Å². The van der Waals surface area contributed by atoms with Crippen LogP contribution < -0.4 is 0 Å². The molecule has 2 aromatic heterocycles. The summed E-state index contributed by atoms with van der Waals surface area (Å²) in [6.07, 6.45) is 3.24. The first-order chi connectivity index (χ1) is 12.8. The molecule has 0 aliphatic rings. The van der Waals surface area contributed by atoms with Crippen LogP contribution in [-0.4, -0.2) is 15.8 Å². The van der Waals surface area contributed by atoms with E-state index in [0.717, 1.165) is 22.5 Å². The number of hydrogen-bond donors (Lipinski definition) is 0. The van der Waals surface area contributed by atoms with E-state index in [2.05, 4.69) is 9.97 Å². The molecule has 0 N–H and O–H groups in total. The van der Waals surface area contributed by atoms with Crippen molar-refractivity contribution in [2.75, 3.05) is 0 Å². The molecule has 26 heavy (non-hydrogen) atoms. The van der Waals surface area contributed by atoms with Crippen LogP contribution in [-0.2, 0) is 0 Å². The molecule has 0 spiro atoms. The molecule has 0 aliphatic heterocycles. The first-order valence-electron chi connectivity index (χ1n) is 8.39. The lowest BCUT2D eigenvalue weighted by Crippen LogP contribution is -2.03. The Hall–Kier alpha value is -3.59. The van der Waals surface area contributed by atoms with Gasteiger partial charge in [-0.1, -0.05) is 60.7 Å². The molecule has 0 bridgehead atoms. The van der Waals surface area contributed by atoms with Gasteiger partial charge in [0.25, 0.3) is 0 Å². The molecule has 0 saturated heterocycles. The standard InChI is InChI=1S/C23H16N2O/c26-23(19-11-13-21(24-15-19)17-7-3-1-4-8-17)20-12-14-22(25-16-20)18-9-5-2-6-10-18/h1-16H. The third kappa shape index (κ3) is 3.28. The van der Waals surface area contributed by atoms with Gasteiger partial charge in [-0.15, -0.1) is 0 Å². The van der Waals surface area contributed by atoms with Crippen molar-refractivity contribution in [1.82, 2.24) is 9.97 Å². The first-order valence-corrected chi connectivity index (χ1v) is 8.39. The molecular weight excluding hydrogens is 320 g/mol. The summed E-state index contributed by atoms with van der Waals surface area (Å²) in [5.41, 5.74) is 4.86. The zero-order valence-electron chi connectivity index (χ0n) is 14.0. The highest BCUT2D eigenvalue weighted by atomic mass is 16.1. The molecule has 3 heteroatoms. The van der Waals surface area contributed by atoms with Gasteiger partial charge >= 0.3 is 0 Å². The molecule has 4 rings (SSSR count). The molecule has 2 aromatic carbocycles. The smallest absolute Gasteiger partial charge is 0.196 e. The first kappa shape index (κ1) is 15.9. The molecule has 0 saturated carbocycles. The molecule has 124 valence electrons. The van der Waals surface area contributed by atoms with Crippen LogP contribution in [0.1, 0.15) is 15.9 Å². The monoisotopic (exact) mass is 336 g/mol. The molecule has 0 fully saturated rings. The van der Waals surface area contributed by atoms with E-state index in [4.69, 9.17) is 0 Å². The number of rotatable bonds is 4. The van der Waals surface area contributed by atoms with Crippen LogP contribution >= 0.6 is 0 Å². The van der Waals surface area contributed by atoms with Gasteiger partial charge in [0.05, 0.1) is 11.4 Å². The molecule has 3 nitrogen and oxygen atoms in total. The highest BCUT2D eigenvalue weighted by Crippen LogP contribution is 2.19. The van der Waals surface area contributed by atoms with Crippen molar-refractivity contribution < 1.29 is 4.79 Å². The van der Waals surface area contributed by atoms with Crippen molar-refractivity contribution in [2.24, 2.45) is 0 Å². The lowest BCUT2D eigenvalue weighted by molar-refractivity contribution is 0.103. The van der Waals surface area contributed by atoms with Gasteiger partial charge in [-0.05, 0) is 24.3 Å². The van der Waals surface area contributed by atoms with Crippen LogP contribution in [0.15, 0.2) is 97.3 Å². The molecule has 0 aliphatic carbocycles. The Bertz CT molecular complexity index is 924. The summed E-state index contributed by atoms with van der Waals surface area (Å²) in [6.45, 7) is 0. The van der Waals surface area contributed by atoms with Crippen molar-refractivity contribution in [1.29, 1.82) is 0 Å². The van der Waals surface area contributed by atoms with E-state index in [-0.39, 0.29) is 5.78 Å². The second kappa shape index (κ2) is 7.11. The van der Waals surface area contributed by atoms with Crippen LogP contribution in [0.5, 0.6) is 0 Å². The fourth-order valence-corrected chi connectivity index (χ4v) is 2.78. The predicted octanol–water partition coefficient (Wildman–Crippen LogP) is 5.04. The van der Waals surface area contributed by atoms with Crippen LogP contribution in [0.3, 0.4) is 0 Å². The Kier molecular flexibility index (Phi) is 4.35. The number of aromatic nitrogens is 2. The third-order valence-corrected chi connectivity index (χ3v) is 4.19. The predicted molar refractivity (Wildman–Crippen MR) is 103 cm³/mol. The molecular formula is C23H16N2O. The summed E-state index contributed by atoms with van der Waals surface area (Å²) < 4.78 is 0. The van der Waals surface area contributed by atoms with Crippen molar-refractivity contribution in [3.05, 3.63) is 108 Å². The zero-order valence-corrected chi connectivity index (χ0v) is 14.0. The van der Waals surface area contributed by atoms with Crippen molar-refractivity contribution in [2.45, 2.75) is 0 Å². The Morgan fingerprint density at radius 1 is 0.538 bits per heavy atom. The van der Waals surface area contributed by atoms with Gasteiger partial charge in [0.15, 0.2) is 5.78 Å². The molecule has 0 amide bonds. The number of ketones is 1. The third-order valence-electron chi connectivity index (χ3n) is 4.19. The van der Waals surface area contributed by atoms with Gasteiger partial charge in [0.1, 0.15) is 0 Å². The summed E-state index contributed by atoms with van der Waals surface area (Å²) in [7, 11) is 0. The SMILES string of the molecule is O=C(c1ccc(-c2ccccc2)nc1)c1ccc(-c2ccccc2)nc1. The maximum Gasteiger partial charge on any atom is 0.196 e. The minimum Gasteiger partial charge on any atom is -0.288 e. The number of hydrogen-bond acceptors (Lipinski definition) is 3. The van der Waals surface area contributed by atoms with E-state index in [0.29, 0.717) is 11.1 Å². The minimum atomic E-state index is -0.0794. The van der Waals surface area contributed by atoms with Crippen LogP contribution in [0.4, 0.5) is 0 Å². The number of benzene rings is 2. The van der Waals surface area contributed by atoms with Gasteiger partial charge in [0.2, 0.25) is 0 Å². The summed E-state index contributed by atoms with van der Waals surface area (Å²) in [5.74, 6) is -0.0794. The molecule has 4 aromatic rings. The van der Waals surface area contributed by atoms with Crippen molar-refractivity contribution >= 4 is 5.78 Å². The largest absolute Gasteiger partial charge is 0.288 e. The van der Waals surface area contributed by atoms with E-state index in [1.807, 2.05) is 84.9 Å². The summed E-state index contributed by atoms with van der Waals surface area (Å²) in [6, 6.07) is 27.1.